The third kappa shape index (κ3) is 3.64. The first-order valence-electron chi connectivity index (χ1n) is 5.23. The minimum Gasteiger partial charge on any atom is -0.378 e. The summed E-state index contributed by atoms with van der Waals surface area (Å²) < 4.78 is 41.8. The Labute approximate surface area is 101 Å². The molecule has 0 bridgehead atoms. The number of ether oxygens (including phenoxy) is 1. The first-order valence-corrected chi connectivity index (χ1v) is 6.72. The number of hydrogen-bond acceptors (Lipinski definition) is 3. The number of rotatable bonds is 5. The molecule has 17 heavy (non-hydrogen) atoms. The van der Waals surface area contributed by atoms with Crippen molar-refractivity contribution in [2.24, 2.45) is 0 Å². The molecule has 1 aromatic carbocycles. The summed E-state index contributed by atoms with van der Waals surface area (Å²) in [6, 6.07) is 6.03. The summed E-state index contributed by atoms with van der Waals surface area (Å²) in [4.78, 5) is -0.0478. The molecule has 0 aliphatic rings. The molecular formula is C12H15FO3S. The maximum absolute atomic E-state index is 13.5. The number of hydrogen-bond donors (Lipinski definition) is 0. The quantitative estimate of drug-likeness (QED) is 0.762. The molecule has 0 saturated heterocycles. The van der Waals surface area contributed by atoms with Gasteiger partial charge in [0.25, 0.3) is 0 Å². The maximum Gasteiger partial charge on any atom is 0.233 e. The molecule has 0 aliphatic heterocycles. The molecule has 0 heterocycles. The van der Waals surface area contributed by atoms with Crippen LogP contribution in [0.15, 0.2) is 40.4 Å². The molecule has 0 aliphatic carbocycles. The van der Waals surface area contributed by atoms with Crippen LogP contribution in [0.1, 0.15) is 12.5 Å². The molecule has 0 spiro atoms. The SMILES string of the molecule is CCOC/C=C(\F)S(=O)(=O)c1ccc(C)cc1. The van der Waals surface area contributed by atoms with E-state index in [0.29, 0.717) is 6.61 Å². The van der Waals surface area contributed by atoms with Gasteiger partial charge in [-0.15, -0.1) is 0 Å². The first kappa shape index (κ1) is 13.9. The summed E-state index contributed by atoms with van der Waals surface area (Å²) in [6.07, 6.45) is 0.929. The second-order valence-electron chi connectivity index (χ2n) is 3.48. The molecular weight excluding hydrogens is 243 g/mol. The van der Waals surface area contributed by atoms with Gasteiger partial charge < -0.3 is 4.74 Å². The lowest BCUT2D eigenvalue weighted by Crippen LogP contribution is -2.03. The summed E-state index contributed by atoms with van der Waals surface area (Å²) in [5, 5.41) is -1.17. The van der Waals surface area contributed by atoms with Crippen LogP contribution in [0.5, 0.6) is 0 Å². The molecule has 0 aromatic heterocycles. The normalized spacial score (nSPS) is 12.8. The highest BCUT2D eigenvalue weighted by molar-refractivity contribution is 7.95. The Morgan fingerprint density at radius 3 is 2.47 bits per heavy atom. The van der Waals surface area contributed by atoms with Crippen LogP contribution in [-0.4, -0.2) is 21.6 Å². The van der Waals surface area contributed by atoms with E-state index in [1.807, 2.05) is 6.92 Å². The van der Waals surface area contributed by atoms with Crippen molar-refractivity contribution in [2.75, 3.05) is 13.2 Å². The number of benzene rings is 1. The molecule has 1 aromatic rings. The summed E-state index contributed by atoms with van der Waals surface area (Å²) >= 11 is 0. The molecule has 5 heteroatoms. The smallest absolute Gasteiger partial charge is 0.233 e. The van der Waals surface area contributed by atoms with Crippen molar-refractivity contribution in [3.8, 4) is 0 Å². The Morgan fingerprint density at radius 1 is 1.35 bits per heavy atom. The molecule has 0 atom stereocenters. The van der Waals surface area contributed by atoms with Crippen LogP contribution in [0.2, 0.25) is 0 Å². The first-order chi connectivity index (χ1) is 7.98. The van der Waals surface area contributed by atoms with Gasteiger partial charge in [-0.1, -0.05) is 17.7 Å². The fourth-order valence-electron chi connectivity index (χ4n) is 1.18. The Bertz CT molecular complexity index is 489. The van der Waals surface area contributed by atoms with Gasteiger partial charge in [0.1, 0.15) is 0 Å². The van der Waals surface area contributed by atoms with E-state index in [4.69, 9.17) is 4.74 Å². The van der Waals surface area contributed by atoms with Crippen LogP contribution >= 0.6 is 0 Å². The van der Waals surface area contributed by atoms with E-state index in [1.54, 1.807) is 19.1 Å². The predicted molar refractivity (Wildman–Crippen MR) is 64.0 cm³/mol. The van der Waals surface area contributed by atoms with Crippen LogP contribution in [0.4, 0.5) is 4.39 Å². The van der Waals surface area contributed by atoms with Gasteiger partial charge in [-0.3, -0.25) is 0 Å². The average Bonchev–Trinajstić information content (AvgIpc) is 2.29. The molecule has 0 saturated carbocycles. The highest BCUT2D eigenvalue weighted by Gasteiger charge is 2.20. The number of aryl methyl sites for hydroxylation is 1. The van der Waals surface area contributed by atoms with Crippen LogP contribution in [-0.2, 0) is 14.6 Å². The van der Waals surface area contributed by atoms with E-state index in [2.05, 4.69) is 0 Å². The molecule has 0 fully saturated rings. The predicted octanol–water partition coefficient (Wildman–Crippen LogP) is 2.62. The lowest BCUT2D eigenvalue weighted by Gasteiger charge is -2.02. The van der Waals surface area contributed by atoms with Gasteiger partial charge in [0, 0.05) is 6.61 Å². The zero-order chi connectivity index (χ0) is 12.9. The third-order valence-corrected chi connectivity index (χ3v) is 3.73. The van der Waals surface area contributed by atoms with Crippen molar-refractivity contribution < 1.29 is 17.5 Å². The standard InChI is InChI=1S/C12H15FO3S/c1-3-16-9-8-12(13)17(14,15)11-6-4-10(2)5-7-11/h4-8H,3,9H2,1-2H3/b12-8+. The molecule has 3 nitrogen and oxygen atoms in total. The molecule has 94 valence electrons. The maximum atomic E-state index is 13.5. The Morgan fingerprint density at radius 2 is 1.94 bits per heavy atom. The summed E-state index contributed by atoms with van der Waals surface area (Å²) in [5.41, 5.74) is 0.919. The van der Waals surface area contributed by atoms with Gasteiger partial charge in [0.05, 0.1) is 11.5 Å². The van der Waals surface area contributed by atoms with E-state index in [0.717, 1.165) is 11.6 Å². The fourth-order valence-corrected chi connectivity index (χ4v) is 2.19. The van der Waals surface area contributed by atoms with Gasteiger partial charge >= 0.3 is 0 Å². The van der Waals surface area contributed by atoms with Gasteiger partial charge in [0.15, 0.2) is 0 Å². The topological polar surface area (TPSA) is 43.4 Å². The molecule has 0 radical (unpaired) electrons. The van der Waals surface area contributed by atoms with Crippen molar-refractivity contribution in [3.63, 3.8) is 0 Å². The van der Waals surface area contributed by atoms with E-state index in [1.165, 1.54) is 12.1 Å². The zero-order valence-corrected chi connectivity index (χ0v) is 10.6. The summed E-state index contributed by atoms with van der Waals surface area (Å²) in [7, 11) is -4.02. The minimum atomic E-state index is -4.02. The fraction of sp³-hybridized carbons (Fsp3) is 0.333. The van der Waals surface area contributed by atoms with Crippen LogP contribution < -0.4 is 0 Å². The Balaban J connectivity index is 2.95. The van der Waals surface area contributed by atoms with E-state index in [-0.39, 0.29) is 11.5 Å². The van der Waals surface area contributed by atoms with Gasteiger partial charge in [-0.2, -0.15) is 4.39 Å². The monoisotopic (exact) mass is 258 g/mol. The van der Waals surface area contributed by atoms with Gasteiger partial charge in [-0.25, -0.2) is 8.42 Å². The van der Waals surface area contributed by atoms with Crippen molar-refractivity contribution in [2.45, 2.75) is 18.7 Å². The largest absolute Gasteiger partial charge is 0.378 e. The van der Waals surface area contributed by atoms with Crippen molar-refractivity contribution in [3.05, 3.63) is 41.1 Å². The van der Waals surface area contributed by atoms with E-state index < -0.39 is 15.0 Å². The lowest BCUT2D eigenvalue weighted by atomic mass is 10.2. The minimum absolute atomic E-state index is 0.0478. The third-order valence-electron chi connectivity index (χ3n) is 2.15. The Hall–Kier alpha value is -1.20. The van der Waals surface area contributed by atoms with Crippen molar-refractivity contribution >= 4 is 9.84 Å². The average molecular weight is 258 g/mol. The molecule has 0 N–H and O–H groups in total. The second-order valence-corrected chi connectivity index (χ2v) is 5.35. The van der Waals surface area contributed by atoms with Gasteiger partial charge in [-0.05, 0) is 32.1 Å². The molecule has 1 rings (SSSR count). The van der Waals surface area contributed by atoms with Crippen molar-refractivity contribution in [1.29, 1.82) is 0 Å². The van der Waals surface area contributed by atoms with E-state index in [9.17, 15) is 12.8 Å². The summed E-state index contributed by atoms with van der Waals surface area (Å²) in [5.74, 6) is 0. The molecule has 0 unspecified atom stereocenters. The van der Waals surface area contributed by atoms with Crippen LogP contribution in [0, 0.1) is 6.92 Å². The lowest BCUT2D eigenvalue weighted by molar-refractivity contribution is 0.176. The van der Waals surface area contributed by atoms with Crippen LogP contribution in [0.3, 0.4) is 0 Å². The summed E-state index contributed by atoms with van der Waals surface area (Å²) in [6.45, 7) is 3.94. The zero-order valence-electron chi connectivity index (χ0n) is 9.81. The highest BCUT2D eigenvalue weighted by Crippen LogP contribution is 2.20. The van der Waals surface area contributed by atoms with Crippen molar-refractivity contribution in [1.82, 2.24) is 0 Å². The van der Waals surface area contributed by atoms with E-state index >= 15 is 0 Å². The number of sulfone groups is 1. The Kier molecular flexibility index (Phi) is 4.84. The highest BCUT2D eigenvalue weighted by atomic mass is 32.2. The second kappa shape index (κ2) is 5.93. The van der Waals surface area contributed by atoms with Crippen LogP contribution in [0.25, 0.3) is 0 Å². The van der Waals surface area contributed by atoms with Gasteiger partial charge in [0.2, 0.25) is 15.0 Å². The number of halogens is 1. The molecule has 0 amide bonds.